The van der Waals surface area contributed by atoms with E-state index in [1.54, 1.807) is 38.2 Å². The summed E-state index contributed by atoms with van der Waals surface area (Å²) in [7, 11) is 1.56. The minimum absolute atomic E-state index is 0.113. The molecule has 26 heavy (non-hydrogen) atoms. The third kappa shape index (κ3) is 3.74. The van der Waals surface area contributed by atoms with E-state index in [0.29, 0.717) is 17.1 Å². The maximum atomic E-state index is 12.6. The standard InChI is InChI=1S/C16H17N7O3/c1-10-6-12(4-5-13(10)23-9-17-20-21-23)16(25)22(3)8-15(24)18-14-7-11(2)26-19-14/h4-7,9H,8H2,1-3H3,(H,18,19,24). The number of carbonyl (C=O) groups excluding carboxylic acids is 2. The topological polar surface area (TPSA) is 119 Å². The van der Waals surface area contributed by atoms with Gasteiger partial charge in [-0.3, -0.25) is 9.59 Å². The van der Waals surface area contributed by atoms with Gasteiger partial charge in [0.1, 0.15) is 12.1 Å². The van der Waals surface area contributed by atoms with Crippen LogP contribution in [0.3, 0.4) is 0 Å². The number of aromatic nitrogens is 5. The second-order valence-corrected chi connectivity index (χ2v) is 5.79. The lowest BCUT2D eigenvalue weighted by Gasteiger charge is -2.17. The van der Waals surface area contributed by atoms with Crippen LogP contribution in [0.25, 0.3) is 5.69 Å². The first-order valence-corrected chi connectivity index (χ1v) is 7.76. The summed E-state index contributed by atoms with van der Waals surface area (Å²) in [6, 6.07) is 6.75. The van der Waals surface area contributed by atoms with Crippen LogP contribution in [0.4, 0.5) is 5.82 Å². The summed E-state index contributed by atoms with van der Waals surface area (Å²) in [5.41, 5.74) is 2.07. The molecule has 3 aromatic rings. The van der Waals surface area contributed by atoms with Crippen molar-refractivity contribution in [1.82, 2.24) is 30.3 Å². The molecule has 0 saturated carbocycles. The van der Waals surface area contributed by atoms with Gasteiger partial charge < -0.3 is 14.7 Å². The molecule has 3 rings (SSSR count). The van der Waals surface area contributed by atoms with Crippen LogP contribution in [-0.2, 0) is 4.79 Å². The third-order valence-corrected chi connectivity index (χ3v) is 3.66. The highest BCUT2D eigenvalue weighted by Gasteiger charge is 2.17. The highest BCUT2D eigenvalue weighted by atomic mass is 16.5. The first-order chi connectivity index (χ1) is 12.4. The molecule has 0 unspecified atom stereocenters. The molecule has 1 N–H and O–H groups in total. The van der Waals surface area contributed by atoms with Crippen LogP contribution in [0.15, 0.2) is 35.1 Å². The van der Waals surface area contributed by atoms with E-state index < -0.39 is 0 Å². The number of anilines is 1. The van der Waals surface area contributed by atoms with E-state index in [0.717, 1.165) is 11.3 Å². The summed E-state index contributed by atoms with van der Waals surface area (Å²) in [6.45, 7) is 3.46. The number of benzene rings is 1. The highest BCUT2D eigenvalue weighted by Crippen LogP contribution is 2.15. The van der Waals surface area contributed by atoms with E-state index in [1.807, 2.05) is 6.92 Å². The largest absolute Gasteiger partial charge is 0.360 e. The zero-order chi connectivity index (χ0) is 18.7. The van der Waals surface area contributed by atoms with Crippen LogP contribution in [0.1, 0.15) is 21.7 Å². The Morgan fingerprint density at radius 1 is 1.27 bits per heavy atom. The Morgan fingerprint density at radius 2 is 2.08 bits per heavy atom. The van der Waals surface area contributed by atoms with Crippen LogP contribution in [0, 0.1) is 13.8 Å². The van der Waals surface area contributed by atoms with Gasteiger partial charge in [0.05, 0.1) is 12.2 Å². The van der Waals surface area contributed by atoms with Crippen LogP contribution in [-0.4, -0.2) is 55.7 Å². The minimum Gasteiger partial charge on any atom is -0.360 e. The highest BCUT2D eigenvalue weighted by molar-refractivity contribution is 5.99. The van der Waals surface area contributed by atoms with Crippen LogP contribution < -0.4 is 5.32 Å². The summed E-state index contributed by atoms with van der Waals surface area (Å²) < 4.78 is 6.40. The van der Waals surface area contributed by atoms with Gasteiger partial charge in [-0.1, -0.05) is 5.16 Å². The fourth-order valence-electron chi connectivity index (χ4n) is 2.43. The Kier molecular flexibility index (Phi) is 4.74. The number of likely N-dealkylation sites (N-methyl/N-ethyl adjacent to an activating group) is 1. The van der Waals surface area contributed by atoms with Gasteiger partial charge in [0.15, 0.2) is 5.82 Å². The maximum Gasteiger partial charge on any atom is 0.254 e. The van der Waals surface area contributed by atoms with Crippen molar-refractivity contribution in [3.8, 4) is 5.69 Å². The van der Waals surface area contributed by atoms with Gasteiger partial charge in [0, 0.05) is 18.7 Å². The minimum atomic E-state index is -0.365. The van der Waals surface area contributed by atoms with Crippen molar-refractivity contribution >= 4 is 17.6 Å². The number of carbonyl (C=O) groups is 2. The summed E-state index contributed by atoms with van der Waals surface area (Å²) in [5.74, 6) is 0.261. The van der Waals surface area contributed by atoms with Gasteiger partial charge in [-0.25, -0.2) is 4.68 Å². The lowest BCUT2D eigenvalue weighted by atomic mass is 10.1. The predicted molar refractivity (Wildman–Crippen MR) is 90.7 cm³/mol. The zero-order valence-corrected chi connectivity index (χ0v) is 14.5. The van der Waals surface area contributed by atoms with E-state index in [1.165, 1.54) is 15.9 Å². The van der Waals surface area contributed by atoms with Gasteiger partial charge >= 0.3 is 0 Å². The SMILES string of the molecule is Cc1cc(NC(=O)CN(C)C(=O)c2ccc(-n3cnnn3)c(C)c2)no1. The Balaban J connectivity index is 1.66. The molecule has 0 radical (unpaired) electrons. The average Bonchev–Trinajstić information content (AvgIpc) is 3.25. The molecular weight excluding hydrogens is 338 g/mol. The average molecular weight is 355 g/mol. The van der Waals surface area contributed by atoms with Crippen LogP contribution in [0.2, 0.25) is 0 Å². The zero-order valence-electron chi connectivity index (χ0n) is 14.5. The number of rotatable bonds is 5. The van der Waals surface area contributed by atoms with E-state index in [9.17, 15) is 9.59 Å². The number of nitrogens with zero attached hydrogens (tertiary/aromatic N) is 6. The Bertz CT molecular complexity index is 933. The molecule has 0 aliphatic carbocycles. The Labute approximate surface area is 148 Å². The number of aryl methyl sites for hydroxylation is 2. The molecule has 0 spiro atoms. The lowest BCUT2D eigenvalue weighted by Crippen LogP contribution is -2.35. The second-order valence-electron chi connectivity index (χ2n) is 5.79. The van der Waals surface area contributed by atoms with Gasteiger partial charge in [0.2, 0.25) is 5.91 Å². The number of amides is 2. The van der Waals surface area contributed by atoms with Crippen molar-refractivity contribution in [3.05, 3.63) is 47.5 Å². The van der Waals surface area contributed by atoms with Crippen molar-refractivity contribution in [1.29, 1.82) is 0 Å². The number of tetrazole rings is 1. The molecular formula is C16H17N7O3. The van der Waals surface area contributed by atoms with E-state index in [4.69, 9.17) is 4.52 Å². The number of hydrogen-bond donors (Lipinski definition) is 1. The van der Waals surface area contributed by atoms with Crippen molar-refractivity contribution in [2.24, 2.45) is 0 Å². The molecule has 0 fully saturated rings. The molecule has 10 heteroatoms. The first kappa shape index (κ1) is 17.3. The lowest BCUT2D eigenvalue weighted by molar-refractivity contribution is -0.116. The molecule has 2 aromatic heterocycles. The summed E-state index contributed by atoms with van der Waals surface area (Å²) in [6.07, 6.45) is 1.48. The second kappa shape index (κ2) is 7.13. The van der Waals surface area contributed by atoms with Gasteiger partial charge in [0.25, 0.3) is 5.91 Å². The molecule has 10 nitrogen and oxygen atoms in total. The molecule has 0 bridgehead atoms. The Morgan fingerprint density at radius 3 is 2.69 bits per heavy atom. The molecule has 0 aliphatic heterocycles. The predicted octanol–water partition coefficient (Wildman–Crippen LogP) is 0.978. The normalized spacial score (nSPS) is 10.6. The molecule has 0 atom stereocenters. The quantitative estimate of drug-likeness (QED) is 0.724. The molecule has 2 amide bonds. The van der Waals surface area contributed by atoms with Gasteiger partial charge in [-0.05, 0) is 48.0 Å². The van der Waals surface area contributed by atoms with Crippen LogP contribution in [0.5, 0.6) is 0 Å². The fourth-order valence-corrected chi connectivity index (χ4v) is 2.43. The Hall–Kier alpha value is -3.56. The monoisotopic (exact) mass is 355 g/mol. The first-order valence-electron chi connectivity index (χ1n) is 7.76. The van der Waals surface area contributed by atoms with Crippen molar-refractivity contribution in [2.45, 2.75) is 13.8 Å². The third-order valence-electron chi connectivity index (χ3n) is 3.66. The van der Waals surface area contributed by atoms with Crippen molar-refractivity contribution in [2.75, 3.05) is 18.9 Å². The molecule has 0 saturated heterocycles. The van der Waals surface area contributed by atoms with Crippen LogP contribution >= 0.6 is 0 Å². The molecule has 1 aromatic carbocycles. The van der Waals surface area contributed by atoms with Crippen molar-refractivity contribution < 1.29 is 14.1 Å². The summed E-state index contributed by atoms with van der Waals surface area (Å²) in [5, 5.41) is 17.3. The van der Waals surface area contributed by atoms with Gasteiger partial charge in [-0.15, -0.1) is 5.10 Å². The number of hydrogen-bond acceptors (Lipinski definition) is 7. The maximum absolute atomic E-state index is 12.6. The molecule has 2 heterocycles. The number of nitrogens with one attached hydrogen (secondary N) is 1. The summed E-state index contributed by atoms with van der Waals surface area (Å²) >= 11 is 0. The van der Waals surface area contributed by atoms with E-state index >= 15 is 0 Å². The van der Waals surface area contributed by atoms with E-state index in [2.05, 4.69) is 26.0 Å². The van der Waals surface area contributed by atoms with Gasteiger partial charge in [-0.2, -0.15) is 0 Å². The molecule has 0 aliphatic rings. The summed E-state index contributed by atoms with van der Waals surface area (Å²) in [4.78, 5) is 25.9. The smallest absolute Gasteiger partial charge is 0.254 e. The molecule has 134 valence electrons. The van der Waals surface area contributed by atoms with E-state index in [-0.39, 0.29) is 18.4 Å². The van der Waals surface area contributed by atoms with Crippen molar-refractivity contribution in [3.63, 3.8) is 0 Å². The fraction of sp³-hybridized carbons (Fsp3) is 0.250.